The average molecular weight is 431 g/mol. The molecule has 2 amide bonds. The van der Waals surface area contributed by atoms with Gasteiger partial charge in [-0.05, 0) is 51.8 Å². The molecule has 168 valence electrons. The van der Waals surface area contributed by atoms with Crippen LogP contribution in [0.5, 0.6) is 17.2 Å². The molecule has 3 rings (SSSR count). The van der Waals surface area contributed by atoms with Gasteiger partial charge in [0.15, 0.2) is 11.5 Å². The second-order valence-corrected chi connectivity index (χ2v) is 7.24. The van der Waals surface area contributed by atoms with Crippen molar-refractivity contribution in [3.8, 4) is 17.2 Å². The first-order valence-electron chi connectivity index (χ1n) is 10.7. The van der Waals surface area contributed by atoms with Crippen LogP contribution in [-0.4, -0.2) is 59.8 Å². The second-order valence-electron chi connectivity index (χ2n) is 7.24. The van der Waals surface area contributed by atoms with Gasteiger partial charge >= 0.3 is 0 Å². The first kappa shape index (κ1) is 22.5. The summed E-state index contributed by atoms with van der Waals surface area (Å²) in [4.78, 5) is 26.3. The van der Waals surface area contributed by atoms with E-state index in [9.17, 15) is 9.59 Å². The summed E-state index contributed by atoms with van der Waals surface area (Å²) in [5, 5.41) is 6.84. The Labute approximate surface area is 181 Å². The molecule has 0 radical (unpaired) electrons. The molecular weight excluding hydrogens is 400 g/mol. The summed E-state index contributed by atoms with van der Waals surface area (Å²) in [7, 11) is 0. The lowest BCUT2D eigenvalue weighted by Crippen LogP contribution is -2.38. The van der Waals surface area contributed by atoms with Crippen molar-refractivity contribution in [2.24, 2.45) is 5.73 Å². The fourth-order valence-electron chi connectivity index (χ4n) is 3.76. The fraction of sp³-hybridized carbons (Fsp3) is 0.500. The first-order valence-corrected chi connectivity index (χ1v) is 10.7. The number of aromatic nitrogens is 2. The van der Waals surface area contributed by atoms with Crippen molar-refractivity contribution in [2.75, 3.05) is 32.9 Å². The van der Waals surface area contributed by atoms with E-state index >= 15 is 0 Å². The highest BCUT2D eigenvalue weighted by Gasteiger charge is 2.28. The Kier molecular flexibility index (Phi) is 7.38. The van der Waals surface area contributed by atoms with E-state index in [-0.39, 0.29) is 17.5 Å². The topological polar surface area (TPSA) is 120 Å². The lowest BCUT2D eigenvalue weighted by Gasteiger charge is -2.31. The van der Waals surface area contributed by atoms with Gasteiger partial charge in [0.2, 0.25) is 5.75 Å². The Morgan fingerprint density at radius 3 is 2.10 bits per heavy atom. The van der Waals surface area contributed by atoms with Crippen LogP contribution >= 0.6 is 0 Å². The van der Waals surface area contributed by atoms with E-state index < -0.39 is 5.91 Å². The molecule has 0 unspecified atom stereocenters. The number of piperidine rings is 1. The zero-order chi connectivity index (χ0) is 22.4. The summed E-state index contributed by atoms with van der Waals surface area (Å²) in [6, 6.07) is 5.14. The van der Waals surface area contributed by atoms with E-state index in [0.717, 1.165) is 18.5 Å². The molecule has 0 aliphatic carbocycles. The van der Waals surface area contributed by atoms with Gasteiger partial charge in [-0.3, -0.25) is 14.7 Å². The van der Waals surface area contributed by atoms with Crippen molar-refractivity contribution < 1.29 is 23.8 Å². The minimum absolute atomic E-state index is 0.0779. The van der Waals surface area contributed by atoms with Crippen molar-refractivity contribution in [2.45, 2.75) is 39.5 Å². The van der Waals surface area contributed by atoms with E-state index in [1.54, 1.807) is 18.2 Å². The largest absolute Gasteiger partial charge is 0.490 e. The lowest BCUT2D eigenvalue weighted by atomic mass is 9.93. The average Bonchev–Trinajstić information content (AvgIpc) is 3.26. The zero-order valence-electron chi connectivity index (χ0n) is 18.3. The van der Waals surface area contributed by atoms with Crippen LogP contribution in [0, 0.1) is 0 Å². The molecule has 0 atom stereocenters. The van der Waals surface area contributed by atoms with Crippen molar-refractivity contribution in [3.63, 3.8) is 0 Å². The molecule has 3 N–H and O–H groups in total. The third-order valence-electron chi connectivity index (χ3n) is 5.23. The van der Waals surface area contributed by atoms with Gasteiger partial charge in [0.1, 0.15) is 5.69 Å². The number of likely N-dealkylation sites (tertiary alicyclic amines) is 1. The molecule has 9 nitrogen and oxygen atoms in total. The SMILES string of the molecule is CCOc1cc(C(=O)N2CCC(c3cc(C(N)=O)n[nH]3)CC2)cc(OCC)c1OCC. The van der Waals surface area contributed by atoms with Gasteiger partial charge in [-0.2, -0.15) is 5.10 Å². The van der Waals surface area contributed by atoms with Gasteiger partial charge in [-0.15, -0.1) is 0 Å². The molecule has 2 heterocycles. The molecule has 2 aromatic rings. The Morgan fingerprint density at radius 1 is 1.03 bits per heavy atom. The smallest absolute Gasteiger partial charge is 0.269 e. The monoisotopic (exact) mass is 430 g/mol. The molecule has 31 heavy (non-hydrogen) atoms. The second kappa shape index (κ2) is 10.2. The normalized spacial score (nSPS) is 14.4. The van der Waals surface area contributed by atoms with E-state index in [1.165, 1.54) is 0 Å². The van der Waals surface area contributed by atoms with Crippen molar-refractivity contribution in [1.29, 1.82) is 0 Å². The number of hydrogen-bond donors (Lipinski definition) is 2. The Bertz CT molecular complexity index is 891. The highest BCUT2D eigenvalue weighted by atomic mass is 16.5. The van der Waals surface area contributed by atoms with E-state index in [0.29, 0.717) is 55.7 Å². The number of hydrogen-bond acceptors (Lipinski definition) is 6. The summed E-state index contributed by atoms with van der Waals surface area (Å²) in [5.41, 5.74) is 6.89. The number of benzene rings is 1. The van der Waals surface area contributed by atoms with E-state index in [4.69, 9.17) is 19.9 Å². The number of amides is 2. The van der Waals surface area contributed by atoms with Gasteiger partial charge in [0.25, 0.3) is 11.8 Å². The third kappa shape index (κ3) is 5.10. The molecule has 0 spiro atoms. The Balaban J connectivity index is 1.75. The molecule has 0 saturated carbocycles. The van der Waals surface area contributed by atoms with Gasteiger partial charge in [-0.25, -0.2) is 0 Å². The van der Waals surface area contributed by atoms with Crippen molar-refractivity contribution >= 4 is 11.8 Å². The minimum atomic E-state index is -0.555. The molecular formula is C22H30N4O5. The van der Waals surface area contributed by atoms with Gasteiger partial charge in [0.05, 0.1) is 19.8 Å². The summed E-state index contributed by atoms with van der Waals surface area (Å²) < 4.78 is 17.2. The van der Waals surface area contributed by atoms with Crippen LogP contribution in [-0.2, 0) is 0 Å². The molecule has 1 aliphatic heterocycles. The first-order chi connectivity index (χ1) is 15.0. The highest BCUT2D eigenvalue weighted by Crippen LogP contribution is 2.39. The predicted octanol–water partition coefficient (Wildman–Crippen LogP) is 2.72. The van der Waals surface area contributed by atoms with E-state index in [2.05, 4.69) is 10.2 Å². The molecule has 1 fully saturated rings. The summed E-state index contributed by atoms with van der Waals surface area (Å²) in [6.45, 7) is 8.21. The molecule has 1 saturated heterocycles. The maximum absolute atomic E-state index is 13.2. The Hall–Kier alpha value is -3.23. The fourth-order valence-corrected chi connectivity index (χ4v) is 3.76. The Morgan fingerprint density at radius 2 is 1.61 bits per heavy atom. The summed E-state index contributed by atoms with van der Waals surface area (Å²) >= 11 is 0. The maximum atomic E-state index is 13.2. The van der Waals surface area contributed by atoms with Crippen molar-refractivity contribution in [1.82, 2.24) is 15.1 Å². The molecule has 1 aromatic carbocycles. The lowest BCUT2D eigenvalue weighted by molar-refractivity contribution is 0.0710. The molecule has 1 aliphatic rings. The number of rotatable bonds is 9. The number of nitrogens with one attached hydrogen (secondary N) is 1. The van der Waals surface area contributed by atoms with Gasteiger partial charge in [-0.1, -0.05) is 0 Å². The molecule has 9 heteroatoms. The van der Waals surface area contributed by atoms with Crippen LogP contribution in [0.2, 0.25) is 0 Å². The number of nitrogens with zero attached hydrogens (tertiary/aromatic N) is 2. The number of ether oxygens (including phenoxy) is 3. The standard InChI is InChI=1S/C22H30N4O5/c1-4-29-18-11-15(12-19(30-5-2)20(18)31-6-3)22(28)26-9-7-14(8-10-26)16-13-17(21(23)27)25-24-16/h11-14H,4-10H2,1-3H3,(H2,23,27)(H,24,25). The number of primary amides is 1. The van der Waals surface area contributed by atoms with E-state index in [1.807, 2.05) is 25.7 Å². The maximum Gasteiger partial charge on any atom is 0.269 e. The van der Waals surface area contributed by atoms with Crippen LogP contribution in [0.3, 0.4) is 0 Å². The molecule has 0 bridgehead atoms. The number of carbonyl (C=O) groups is 2. The highest BCUT2D eigenvalue weighted by molar-refractivity contribution is 5.95. The van der Waals surface area contributed by atoms with Crippen LogP contribution < -0.4 is 19.9 Å². The minimum Gasteiger partial charge on any atom is -0.490 e. The van der Waals surface area contributed by atoms with Crippen LogP contribution in [0.1, 0.15) is 66.1 Å². The van der Waals surface area contributed by atoms with Crippen LogP contribution in [0.4, 0.5) is 0 Å². The van der Waals surface area contributed by atoms with Crippen molar-refractivity contribution in [3.05, 3.63) is 35.2 Å². The van der Waals surface area contributed by atoms with Crippen LogP contribution in [0.15, 0.2) is 18.2 Å². The number of H-pyrrole nitrogens is 1. The van der Waals surface area contributed by atoms with Gasteiger partial charge < -0.3 is 24.8 Å². The van der Waals surface area contributed by atoms with Crippen LogP contribution in [0.25, 0.3) is 0 Å². The third-order valence-corrected chi connectivity index (χ3v) is 5.23. The quantitative estimate of drug-likeness (QED) is 0.631. The number of nitrogens with two attached hydrogens (primary N) is 1. The summed E-state index contributed by atoms with van der Waals surface area (Å²) in [6.07, 6.45) is 1.53. The number of carbonyl (C=O) groups excluding carboxylic acids is 2. The summed E-state index contributed by atoms with van der Waals surface area (Å²) in [5.74, 6) is 1.09. The molecule has 1 aromatic heterocycles. The number of aromatic amines is 1. The predicted molar refractivity (Wildman–Crippen MR) is 115 cm³/mol. The zero-order valence-corrected chi connectivity index (χ0v) is 18.3. The van der Waals surface area contributed by atoms with Gasteiger partial charge in [0, 0.05) is 30.3 Å².